The minimum atomic E-state index is -0.204. The van der Waals surface area contributed by atoms with Crippen LogP contribution in [0.5, 0.6) is 0 Å². The van der Waals surface area contributed by atoms with Crippen LogP contribution in [-0.2, 0) is 4.74 Å². The lowest BCUT2D eigenvalue weighted by Crippen LogP contribution is -2.33. The van der Waals surface area contributed by atoms with Crippen LogP contribution in [0.4, 0.5) is 0 Å². The van der Waals surface area contributed by atoms with Crippen molar-refractivity contribution >= 4 is 0 Å². The molecule has 1 N–H and O–H groups in total. The average molecular weight is 254 g/mol. The molecule has 1 aliphatic carbocycles. The Labute approximate surface area is 112 Å². The molecule has 2 atom stereocenters. The van der Waals surface area contributed by atoms with Gasteiger partial charge in [-0.15, -0.1) is 0 Å². The summed E-state index contributed by atoms with van der Waals surface area (Å²) in [6, 6.07) is 0. The maximum Gasteiger partial charge on any atom is 0.0687 e. The predicted molar refractivity (Wildman–Crippen MR) is 74.6 cm³/mol. The van der Waals surface area contributed by atoms with Gasteiger partial charge in [-0.25, -0.2) is 0 Å². The molecular formula is C16H30O2. The van der Waals surface area contributed by atoms with E-state index in [1.54, 1.807) is 0 Å². The van der Waals surface area contributed by atoms with Crippen LogP contribution in [0.15, 0.2) is 0 Å². The zero-order valence-corrected chi connectivity index (χ0v) is 12.4. The Morgan fingerprint density at radius 2 is 1.89 bits per heavy atom. The molecule has 1 aliphatic heterocycles. The van der Waals surface area contributed by atoms with Gasteiger partial charge in [0.25, 0.3) is 0 Å². The predicted octanol–water partition coefficient (Wildman–Crippen LogP) is 4.06. The van der Waals surface area contributed by atoms with Gasteiger partial charge in [-0.2, -0.15) is 0 Å². The monoisotopic (exact) mass is 254 g/mol. The van der Waals surface area contributed by atoms with E-state index in [-0.39, 0.29) is 17.1 Å². The topological polar surface area (TPSA) is 29.5 Å². The molecule has 0 bridgehead atoms. The molecule has 1 spiro atoms. The summed E-state index contributed by atoms with van der Waals surface area (Å²) in [5, 5.41) is 9.56. The number of hydrogen-bond donors (Lipinski definition) is 1. The molecule has 2 aliphatic rings. The van der Waals surface area contributed by atoms with Crippen molar-refractivity contribution in [3.05, 3.63) is 0 Å². The van der Waals surface area contributed by atoms with Gasteiger partial charge < -0.3 is 9.84 Å². The summed E-state index contributed by atoms with van der Waals surface area (Å²) in [6.45, 7) is 6.41. The average Bonchev–Trinajstić information content (AvgIpc) is 2.59. The van der Waals surface area contributed by atoms with Crippen molar-refractivity contribution in [3.8, 4) is 0 Å². The molecular weight excluding hydrogens is 224 g/mol. The van der Waals surface area contributed by atoms with Crippen molar-refractivity contribution in [2.24, 2.45) is 5.41 Å². The molecule has 2 rings (SSSR count). The van der Waals surface area contributed by atoms with E-state index < -0.39 is 0 Å². The maximum atomic E-state index is 9.56. The molecule has 2 unspecified atom stereocenters. The Kier molecular flexibility index (Phi) is 4.38. The number of aliphatic hydroxyl groups is 1. The van der Waals surface area contributed by atoms with Gasteiger partial charge in [0.05, 0.1) is 17.8 Å². The minimum Gasteiger partial charge on any atom is -0.393 e. The van der Waals surface area contributed by atoms with Crippen LogP contribution in [0.2, 0.25) is 0 Å². The third kappa shape index (κ3) is 3.71. The highest BCUT2D eigenvalue weighted by molar-refractivity contribution is 4.92. The van der Waals surface area contributed by atoms with Gasteiger partial charge in [0.15, 0.2) is 0 Å². The summed E-state index contributed by atoms with van der Waals surface area (Å²) in [4.78, 5) is 0. The molecule has 1 heterocycles. The smallest absolute Gasteiger partial charge is 0.0687 e. The summed E-state index contributed by atoms with van der Waals surface area (Å²) >= 11 is 0. The van der Waals surface area contributed by atoms with E-state index in [0.29, 0.717) is 6.10 Å². The number of ether oxygens (including phenoxy) is 1. The highest BCUT2D eigenvalue weighted by Crippen LogP contribution is 2.45. The Morgan fingerprint density at radius 1 is 1.22 bits per heavy atom. The lowest BCUT2D eigenvalue weighted by Gasteiger charge is -2.35. The lowest BCUT2D eigenvalue weighted by molar-refractivity contribution is -0.0769. The third-order valence-electron chi connectivity index (χ3n) is 4.73. The van der Waals surface area contributed by atoms with Gasteiger partial charge in [0.1, 0.15) is 0 Å². The van der Waals surface area contributed by atoms with Crippen LogP contribution in [0, 0.1) is 5.41 Å². The van der Waals surface area contributed by atoms with Gasteiger partial charge in [-0.1, -0.05) is 33.1 Å². The summed E-state index contributed by atoms with van der Waals surface area (Å²) in [5.74, 6) is 0. The van der Waals surface area contributed by atoms with Crippen LogP contribution in [0.25, 0.3) is 0 Å². The van der Waals surface area contributed by atoms with Crippen molar-refractivity contribution < 1.29 is 9.84 Å². The molecule has 18 heavy (non-hydrogen) atoms. The largest absolute Gasteiger partial charge is 0.393 e. The number of aliphatic hydroxyl groups excluding tert-OH is 1. The van der Waals surface area contributed by atoms with Crippen LogP contribution in [-0.4, -0.2) is 22.9 Å². The highest BCUT2D eigenvalue weighted by atomic mass is 16.5. The zero-order valence-electron chi connectivity index (χ0n) is 12.4. The second kappa shape index (κ2) is 5.50. The Bertz CT molecular complexity index is 264. The first kappa shape index (κ1) is 14.3. The Hall–Kier alpha value is -0.0800. The molecule has 1 saturated carbocycles. The molecule has 0 amide bonds. The first-order valence-electron chi connectivity index (χ1n) is 7.77. The van der Waals surface area contributed by atoms with Crippen molar-refractivity contribution in [1.29, 1.82) is 0 Å². The van der Waals surface area contributed by atoms with Crippen molar-refractivity contribution in [2.75, 3.05) is 0 Å². The number of rotatable bonds is 4. The van der Waals surface area contributed by atoms with E-state index in [2.05, 4.69) is 13.8 Å². The van der Waals surface area contributed by atoms with E-state index in [1.165, 1.54) is 44.9 Å². The van der Waals surface area contributed by atoms with Gasteiger partial charge in [-0.05, 0) is 50.9 Å². The molecule has 2 nitrogen and oxygen atoms in total. The normalized spacial score (nSPS) is 29.7. The van der Waals surface area contributed by atoms with Crippen molar-refractivity contribution in [3.63, 3.8) is 0 Å². The van der Waals surface area contributed by atoms with Gasteiger partial charge >= 0.3 is 0 Å². The first-order valence-corrected chi connectivity index (χ1v) is 7.77. The van der Waals surface area contributed by atoms with E-state index in [9.17, 15) is 5.11 Å². The summed E-state index contributed by atoms with van der Waals surface area (Å²) in [7, 11) is 0. The first-order chi connectivity index (χ1) is 8.41. The van der Waals surface area contributed by atoms with E-state index in [4.69, 9.17) is 4.74 Å². The summed E-state index contributed by atoms with van der Waals surface area (Å²) < 4.78 is 6.43. The molecule has 1 saturated heterocycles. The zero-order chi connectivity index (χ0) is 13.2. The third-order valence-corrected chi connectivity index (χ3v) is 4.73. The van der Waals surface area contributed by atoms with Crippen LogP contribution in [0.3, 0.4) is 0 Å². The second-order valence-corrected chi connectivity index (χ2v) is 7.44. The fourth-order valence-electron chi connectivity index (χ4n) is 4.10. The van der Waals surface area contributed by atoms with Gasteiger partial charge in [0, 0.05) is 0 Å². The van der Waals surface area contributed by atoms with E-state index >= 15 is 0 Å². The van der Waals surface area contributed by atoms with E-state index in [0.717, 1.165) is 12.8 Å². The van der Waals surface area contributed by atoms with Crippen molar-refractivity contribution in [2.45, 2.75) is 96.4 Å². The molecule has 0 aromatic rings. The highest BCUT2D eigenvalue weighted by Gasteiger charge is 2.42. The van der Waals surface area contributed by atoms with Crippen LogP contribution >= 0.6 is 0 Å². The number of hydrogen-bond acceptors (Lipinski definition) is 2. The molecule has 0 radical (unpaired) electrons. The lowest BCUT2D eigenvalue weighted by atomic mass is 9.80. The van der Waals surface area contributed by atoms with Crippen LogP contribution < -0.4 is 0 Å². The summed E-state index contributed by atoms with van der Waals surface area (Å²) in [5.41, 5.74) is 0.433. The van der Waals surface area contributed by atoms with Gasteiger partial charge in [-0.3, -0.25) is 0 Å². The maximum absolute atomic E-state index is 9.56. The van der Waals surface area contributed by atoms with Crippen LogP contribution in [0.1, 0.15) is 78.6 Å². The fourth-order valence-corrected chi connectivity index (χ4v) is 4.10. The molecule has 2 fully saturated rings. The SMILES string of the molecule is CC(O)CC(C)(C)CC1CCC2(CCCCC2)O1. The minimum absolute atomic E-state index is 0.193. The summed E-state index contributed by atoms with van der Waals surface area (Å²) in [6.07, 6.45) is 11.3. The molecule has 0 aromatic heterocycles. The molecule has 0 aromatic carbocycles. The fraction of sp³-hybridized carbons (Fsp3) is 1.00. The Morgan fingerprint density at radius 3 is 2.50 bits per heavy atom. The Balaban J connectivity index is 1.85. The van der Waals surface area contributed by atoms with E-state index in [1.807, 2.05) is 6.92 Å². The molecule has 106 valence electrons. The quantitative estimate of drug-likeness (QED) is 0.820. The standard InChI is InChI=1S/C16H30O2/c1-13(17)11-15(2,3)12-14-7-10-16(18-14)8-5-4-6-9-16/h13-14,17H,4-12H2,1-3H3. The van der Waals surface area contributed by atoms with Gasteiger partial charge in [0.2, 0.25) is 0 Å². The molecule has 2 heteroatoms. The second-order valence-electron chi connectivity index (χ2n) is 7.44. The van der Waals surface area contributed by atoms with Crippen molar-refractivity contribution in [1.82, 2.24) is 0 Å².